The summed E-state index contributed by atoms with van der Waals surface area (Å²) in [4.78, 5) is 0. The van der Waals surface area contributed by atoms with Crippen LogP contribution in [0.2, 0.25) is 0 Å². The molecule has 1 heterocycles. The van der Waals surface area contributed by atoms with Gasteiger partial charge in [0.25, 0.3) is 0 Å². The monoisotopic (exact) mass is 196 g/mol. The molecule has 0 aliphatic carbocycles. The topological polar surface area (TPSA) is 17.8 Å². The summed E-state index contributed by atoms with van der Waals surface area (Å²) in [5.41, 5.74) is 0. The van der Waals surface area contributed by atoms with Crippen molar-refractivity contribution < 1.29 is 8.78 Å². The Kier molecular flexibility index (Phi) is 1.80. The average molecular weight is 197 g/mol. The fraction of sp³-hybridized carbons (Fsp3) is 0.250. The van der Waals surface area contributed by atoms with E-state index in [9.17, 15) is 8.78 Å². The minimum Gasteiger partial charge on any atom is -0.197 e. The van der Waals surface area contributed by atoms with Crippen LogP contribution in [0.5, 0.6) is 0 Å². The molecule has 0 radical (unpaired) electrons. The predicted molar refractivity (Wildman–Crippen MR) is 31.2 cm³/mol. The van der Waals surface area contributed by atoms with E-state index >= 15 is 0 Å². The SMILES string of the molecule is FC(F)n1nccc1Br. The van der Waals surface area contributed by atoms with Crippen LogP contribution in [-0.2, 0) is 0 Å². The van der Waals surface area contributed by atoms with Crippen molar-refractivity contribution in [1.29, 1.82) is 0 Å². The van der Waals surface area contributed by atoms with E-state index in [1.165, 1.54) is 12.3 Å². The van der Waals surface area contributed by atoms with Crippen molar-refractivity contribution in [3.63, 3.8) is 0 Å². The van der Waals surface area contributed by atoms with Crippen LogP contribution in [0.3, 0.4) is 0 Å². The molecule has 0 aromatic carbocycles. The standard InChI is InChI=1S/C4H3BrF2N2/c5-3-1-2-8-9(3)4(6)7/h1-2,4H. The lowest BCUT2D eigenvalue weighted by molar-refractivity contribution is 0.0541. The first-order chi connectivity index (χ1) is 4.22. The summed E-state index contributed by atoms with van der Waals surface area (Å²) in [7, 11) is 0. The van der Waals surface area contributed by atoms with Crippen molar-refractivity contribution in [2.75, 3.05) is 0 Å². The lowest BCUT2D eigenvalue weighted by Crippen LogP contribution is -1.99. The molecule has 0 spiro atoms. The Labute approximate surface area is 58.6 Å². The van der Waals surface area contributed by atoms with Gasteiger partial charge in [-0.15, -0.1) is 0 Å². The molecule has 0 fully saturated rings. The Morgan fingerprint density at radius 2 is 2.33 bits per heavy atom. The van der Waals surface area contributed by atoms with Crippen LogP contribution in [0.1, 0.15) is 6.55 Å². The van der Waals surface area contributed by atoms with E-state index in [2.05, 4.69) is 21.0 Å². The van der Waals surface area contributed by atoms with Crippen LogP contribution in [0.15, 0.2) is 16.9 Å². The van der Waals surface area contributed by atoms with Gasteiger partial charge in [0.1, 0.15) is 4.60 Å². The average Bonchev–Trinajstić information content (AvgIpc) is 2.13. The highest BCUT2D eigenvalue weighted by Gasteiger charge is 2.07. The van der Waals surface area contributed by atoms with Gasteiger partial charge >= 0.3 is 6.55 Å². The van der Waals surface area contributed by atoms with Gasteiger partial charge in [0.15, 0.2) is 0 Å². The van der Waals surface area contributed by atoms with Gasteiger partial charge in [-0.2, -0.15) is 18.6 Å². The molecule has 1 aromatic rings. The first-order valence-electron chi connectivity index (χ1n) is 2.19. The number of aromatic nitrogens is 2. The maximum absolute atomic E-state index is 11.7. The maximum Gasteiger partial charge on any atom is 0.334 e. The van der Waals surface area contributed by atoms with E-state index in [0.717, 1.165) is 0 Å². The molecule has 0 amide bonds. The molecule has 0 atom stereocenters. The first kappa shape index (κ1) is 6.67. The van der Waals surface area contributed by atoms with Crippen LogP contribution >= 0.6 is 15.9 Å². The molecule has 0 saturated carbocycles. The van der Waals surface area contributed by atoms with Crippen LogP contribution in [0.4, 0.5) is 8.78 Å². The Morgan fingerprint density at radius 1 is 1.67 bits per heavy atom. The third-order valence-electron chi connectivity index (χ3n) is 0.807. The van der Waals surface area contributed by atoms with Crippen molar-refractivity contribution in [2.24, 2.45) is 0 Å². The molecule has 0 unspecified atom stereocenters. The van der Waals surface area contributed by atoms with Crippen LogP contribution in [0, 0.1) is 0 Å². The Hall–Kier alpha value is -0.450. The molecular weight excluding hydrogens is 194 g/mol. The first-order valence-corrected chi connectivity index (χ1v) is 2.98. The summed E-state index contributed by atoms with van der Waals surface area (Å²) in [6.07, 6.45) is 1.30. The van der Waals surface area contributed by atoms with Crippen LogP contribution in [-0.4, -0.2) is 9.78 Å². The van der Waals surface area contributed by atoms with Gasteiger partial charge in [-0.05, 0) is 22.0 Å². The zero-order valence-corrected chi connectivity index (χ0v) is 5.85. The molecular formula is C4H3BrF2N2. The van der Waals surface area contributed by atoms with E-state index in [0.29, 0.717) is 4.68 Å². The molecule has 2 nitrogen and oxygen atoms in total. The summed E-state index contributed by atoms with van der Waals surface area (Å²) >= 11 is 2.89. The third-order valence-corrected chi connectivity index (χ3v) is 1.43. The quantitative estimate of drug-likeness (QED) is 0.673. The molecule has 1 aromatic heterocycles. The molecule has 0 saturated heterocycles. The highest BCUT2D eigenvalue weighted by molar-refractivity contribution is 9.10. The van der Waals surface area contributed by atoms with Crippen molar-refractivity contribution >= 4 is 15.9 Å². The predicted octanol–water partition coefficient (Wildman–Crippen LogP) is 2.04. The third kappa shape index (κ3) is 1.27. The van der Waals surface area contributed by atoms with E-state index in [4.69, 9.17) is 0 Å². The van der Waals surface area contributed by atoms with E-state index in [-0.39, 0.29) is 4.60 Å². The van der Waals surface area contributed by atoms with Gasteiger partial charge in [0.2, 0.25) is 0 Å². The second-order valence-corrected chi connectivity index (χ2v) is 2.19. The molecule has 5 heteroatoms. The summed E-state index contributed by atoms with van der Waals surface area (Å²) in [5, 5.41) is 3.34. The second kappa shape index (κ2) is 2.43. The number of hydrogen-bond acceptors (Lipinski definition) is 1. The van der Waals surface area contributed by atoms with Crippen molar-refractivity contribution in [3.8, 4) is 0 Å². The molecule has 0 aliphatic rings. The van der Waals surface area contributed by atoms with Crippen LogP contribution in [0.25, 0.3) is 0 Å². The molecule has 9 heavy (non-hydrogen) atoms. The van der Waals surface area contributed by atoms with E-state index in [1.807, 2.05) is 0 Å². The summed E-state index contributed by atoms with van der Waals surface area (Å²) in [6, 6.07) is 1.45. The zero-order chi connectivity index (χ0) is 6.85. The lowest BCUT2D eigenvalue weighted by atomic mass is 10.8. The van der Waals surface area contributed by atoms with Gasteiger partial charge in [-0.1, -0.05) is 0 Å². The number of rotatable bonds is 1. The normalized spacial score (nSPS) is 10.7. The van der Waals surface area contributed by atoms with Crippen molar-refractivity contribution in [3.05, 3.63) is 16.9 Å². The minimum atomic E-state index is -2.56. The van der Waals surface area contributed by atoms with Crippen molar-refractivity contribution in [1.82, 2.24) is 9.78 Å². The van der Waals surface area contributed by atoms with E-state index < -0.39 is 6.55 Å². The van der Waals surface area contributed by atoms with Gasteiger partial charge in [-0.25, -0.2) is 0 Å². The number of halogens is 3. The van der Waals surface area contributed by atoms with Gasteiger partial charge in [0, 0.05) is 0 Å². The highest BCUT2D eigenvalue weighted by Crippen LogP contribution is 2.16. The van der Waals surface area contributed by atoms with Crippen molar-refractivity contribution in [2.45, 2.75) is 6.55 Å². The number of hydrogen-bond donors (Lipinski definition) is 0. The van der Waals surface area contributed by atoms with Gasteiger partial charge in [-0.3, -0.25) is 0 Å². The second-order valence-electron chi connectivity index (χ2n) is 1.38. The molecule has 0 aliphatic heterocycles. The maximum atomic E-state index is 11.7. The van der Waals surface area contributed by atoms with Crippen LogP contribution < -0.4 is 0 Å². The fourth-order valence-electron chi connectivity index (χ4n) is 0.442. The largest absolute Gasteiger partial charge is 0.334 e. The minimum absolute atomic E-state index is 0.289. The summed E-state index contributed by atoms with van der Waals surface area (Å²) in [6.45, 7) is -2.56. The van der Waals surface area contributed by atoms with Gasteiger partial charge in [0.05, 0.1) is 6.20 Å². The molecule has 50 valence electrons. The number of nitrogens with zero attached hydrogens (tertiary/aromatic N) is 2. The Bertz CT molecular complexity index is 198. The molecule has 1 rings (SSSR count). The highest BCUT2D eigenvalue weighted by atomic mass is 79.9. The molecule has 0 N–H and O–H groups in total. The zero-order valence-electron chi connectivity index (χ0n) is 4.26. The Morgan fingerprint density at radius 3 is 2.56 bits per heavy atom. The van der Waals surface area contributed by atoms with E-state index in [1.54, 1.807) is 0 Å². The Balaban J connectivity index is 2.94. The fourth-order valence-corrected chi connectivity index (χ4v) is 0.806. The summed E-state index contributed by atoms with van der Waals surface area (Å²) < 4.78 is 24.3. The number of alkyl halides is 2. The van der Waals surface area contributed by atoms with Gasteiger partial charge < -0.3 is 0 Å². The summed E-state index contributed by atoms with van der Waals surface area (Å²) in [5.74, 6) is 0. The smallest absolute Gasteiger partial charge is 0.197 e. The molecule has 0 bridgehead atoms. The lowest BCUT2D eigenvalue weighted by Gasteiger charge is -1.97.